The summed E-state index contributed by atoms with van der Waals surface area (Å²) in [5.74, 6) is -0.0403. The molecule has 0 bridgehead atoms. The number of hydrogen-bond acceptors (Lipinski definition) is 5. The van der Waals surface area contributed by atoms with Crippen LogP contribution in [0.25, 0.3) is 0 Å². The van der Waals surface area contributed by atoms with Crippen molar-refractivity contribution < 1.29 is 24.5 Å². The molecule has 0 fully saturated rings. The van der Waals surface area contributed by atoms with Crippen molar-refractivity contribution in [1.82, 2.24) is 5.32 Å². The predicted molar refractivity (Wildman–Crippen MR) is 366 cm³/mol. The van der Waals surface area contributed by atoms with E-state index in [-0.39, 0.29) is 18.5 Å². The molecular formula is C77H151NO5. The molecule has 6 nitrogen and oxygen atoms in total. The number of unbranched alkanes of at least 4 members (excludes halogenated alkanes) is 62. The number of allylic oxidation sites excluding steroid dienone is 1. The van der Waals surface area contributed by atoms with Gasteiger partial charge in [0.05, 0.1) is 25.4 Å². The average Bonchev–Trinajstić information content (AvgIpc) is 3.49. The van der Waals surface area contributed by atoms with Crippen LogP contribution in [-0.2, 0) is 14.3 Å². The van der Waals surface area contributed by atoms with Crippen LogP contribution in [0.15, 0.2) is 12.2 Å². The van der Waals surface area contributed by atoms with Gasteiger partial charge in [-0.1, -0.05) is 411 Å². The van der Waals surface area contributed by atoms with Crippen LogP contribution in [0.5, 0.6) is 0 Å². The molecule has 0 saturated carbocycles. The summed E-state index contributed by atoms with van der Waals surface area (Å²) in [4.78, 5) is 24.7. The molecule has 0 rings (SSSR count). The summed E-state index contributed by atoms with van der Waals surface area (Å²) in [6.45, 7) is 4.96. The van der Waals surface area contributed by atoms with Crippen molar-refractivity contribution in [2.75, 3.05) is 13.2 Å². The molecule has 0 aliphatic carbocycles. The van der Waals surface area contributed by atoms with E-state index < -0.39 is 12.1 Å². The minimum absolute atomic E-state index is 0.0208. The molecule has 0 radical (unpaired) electrons. The van der Waals surface area contributed by atoms with E-state index in [1.165, 1.54) is 379 Å². The fourth-order valence-corrected chi connectivity index (χ4v) is 12.5. The maximum Gasteiger partial charge on any atom is 0.305 e. The number of carbonyl (C=O) groups is 2. The maximum atomic E-state index is 12.5. The smallest absolute Gasteiger partial charge is 0.305 e. The Morgan fingerprint density at radius 3 is 0.819 bits per heavy atom. The molecule has 0 saturated heterocycles. The van der Waals surface area contributed by atoms with Crippen LogP contribution in [0.2, 0.25) is 0 Å². The first kappa shape index (κ1) is 81.6. The third-order valence-corrected chi connectivity index (χ3v) is 18.3. The normalized spacial score (nSPS) is 12.5. The lowest BCUT2D eigenvalue weighted by Gasteiger charge is -2.20. The molecule has 494 valence electrons. The highest BCUT2D eigenvalue weighted by Crippen LogP contribution is 2.20. The zero-order valence-electron chi connectivity index (χ0n) is 56.7. The Labute approximate surface area is 520 Å². The number of amides is 1. The lowest BCUT2D eigenvalue weighted by atomic mass is 10.0. The SMILES string of the molecule is CCCCCCCCCCCCCCCCCCCCCCCC/C=C/C(O)C(CO)NC(=O)CCCCCCCCCCCCCCCCCCCCCCCCCCOC(=O)CCCCCCCCCCCCCCCCCCCC. The van der Waals surface area contributed by atoms with Gasteiger partial charge in [-0.25, -0.2) is 0 Å². The first-order chi connectivity index (χ1) is 41.0. The zero-order valence-corrected chi connectivity index (χ0v) is 56.7. The van der Waals surface area contributed by atoms with Crippen molar-refractivity contribution in [2.45, 2.75) is 456 Å². The molecule has 0 aromatic rings. The van der Waals surface area contributed by atoms with E-state index in [4.69, 9.17) is 4.74 Å². The first-order valence-electron chi connectivity index (χ1n) is 38.5. The molecule has 2 unspecified atom stereocenters. The summed E-state index contributed by atoms with van der Waals surface area (Å²) in [5, 5.41) is 23.3. The highest BCUT2D eigenvalue weighted by molar-refractivity contribution is 5.76. The van der Waals surface area contributed by atoms with Crippen molar-refractivity contribution in [3.8, 4) is 0 Å². The second kappa shape index (κ2) is 73.1. The van der Waals surface area contributed by atoms with Crippen molar-refractivity contribution >= 4 is 11.9 Å². The molecule has 0 heterocycles. The monoisotopic (exact) mass is 1170 g/mol. The fourth-order valence-electron chi connectivity index (χ4n) is 12.5. The van der Waals surface area contributed by atoms with E-state index in [0.29, 0.717) is 19.4 Å². The van der Waals surface area contributed by atoms with Gasteiger partial charge in [-0.15, -0.1) is 0 Å². The van der Waals surface area contributed by atoms with Crippen LogP contribution in [0.3, 0.4) is 0 Å². The van der Waals surface area contributed by atoms with E-state index >= 15 is 0 Å². The van der Waals surface area contributed by atoms with Gasteiger partial charge in [-0.2, -0.15) is 0 Å². The summed E-state index contributed by atoms with van der Waals surface area (Å²) in [7, 11) is 0. The van der Waals surface area contributed by atoms with Gasteiger partial charge < -0.3 is 20.3 Å². The summed E-state index contributed by atoms with van der Waals surface area (Å²) < 4.78 is 5.52. The largest absolute Gasteiger partial charge is 0.466 e. The van der Waals surface area contributed by atoms with Gasteiger partial charge in [0.15, 0.2) is 0 Å². The minimum atomic E-state index is -0.845. The highest BCUT2D eigenvalue weighted by Gasteiger charge is 2.18. The lowest BCUT2D eigenvalue weighted by Crippen LogP contribution is -2.45. The van der Waals surface area contributed by atoms with Crippen LogP contribution < -0.4 is 5.32 Å². The number of ether oxygens (including phenoxy) is 1. The van der Waals surface area contributed by atoms with Gasteiger partial charge in [0.2, 0.25) is 5.91 Å². The topological polar surface area (TPSA) is 95.9 Å². The number of aliphatic hydroxyl groups excluding tert-OH is 2. The fraction of sp³-hybridized carbons (Fsp3) is 0.948. The number of aliphatic hydroxyl groups is 2. The van der Waals surface area contributed by atoms with E-state index in [9.17, 15) is 19.8 Å². The van der Waals surface area contributed by atoms with Crippen molar-refractivity contribution in [3.05, 3.63) is 12.2 Å². The van der Waals surface area contributed by atoms with Gasteiger partial charge >= 0.3 is 5.97 Å². The van der Waals surface area contributed by atoms with Gasteiger partial charge in [0, 0.05) is 12.8 Å². The summed E-state index contributed by atoms with van der Waals surface area (Å²) in [6.07, 6.45) is 91.7. The van der Waals surface area contributed by atoms with E-state index in [1.54, 1.807) is 6.08 Å². The van der Waals surface area contributed by atoms with Crippen molar-refractivity contribution in [3.63, 3.8) is 0 Å². The summed E-state index contributed by atoms with van der Waals surface area (Å²) in [6, 6.07) is -0.628. The molecule has 0 aliphatic heterocycles. The van der Waals surface area contributed by atoms with Crippen LogP contribution >= 0.6 is 0 Å². The number of rotatable bonds is 73. The quantitative estimate of drug-likeness (QED) is 0.0320. The number of esters is 1. The molecule has 0 aromatic heterocycles. The first-order valence-corrected chi connectivity index (χ1v) is 38.5. The molecule has 0 spiro atoms. The van der Waals surface area contributed by atoms with Crippen LogP contribution in [0.1, 0.15) is 444 Å². The Morgan fingerprint density at radius 1 is 0.325 bits per heavy atom. The predicted octanol–water partition coefficient (Wildman–Crippen LogP) is 25.1. The van der Waals surface area contributed by atoms with Crippen LogP contribution in [-0.4, -0.2) is 47.4 Å². The molecule has 2 atom stereocenters. The summed E-state index contributed by atoms with van der Waals surface area (Å²) >= 11 is 0. The Bertz CT molecular complexity index is 1260. The van der Waals surface area contributed by atoms with Crippen molar-refractivity contribution in [1.29, 1.82) is 0 Å². The maximum absolute atomic E-state index is 12.5. The molecule has 83 heavy (non-hydrogen) atoms. The number of hydrogen-bond donors (Lipinski definition) is 3. The van der Waals surface area contributed by atoms with Gasteiger partial charge in [-0.05, 0) is 32.1 Å². The van der Waals surface area contributed by atoms with E-state index in [2.05, 4.69) is 19.2 Å². The molecule has 6 heteroatoms. The number of carbonyl (C=O) groups excluding carboxylic acids is 2. The summed E-state index contributed by atoms with van der Waals surface area (Å²) in [5.41, 5.74) is 0. The van der Waals surface area contributed by atoms with Gasteiger partial charge in [0.25, 0.3) is 0 Å². The Balaban J connectivity index is 3.37. The second-order valence-electron chi connectivity index (χ2n) is 26.7. The van der Waals surface area contributed by atoms with E-state index in [1.807, 2.05) is 6.08 Å². The third-order valence-electron chi connectivity index (χ3n) is 18.3. The Hall–Kier alpha value is -1.40. The average molecular weight is 1170 g/mol. The van der Waals surface area contributed by atoms with Crippen LogP contribution in [0.4, 0.5) is 0 Å². The zero-order chi connectivity index (χ0) is 59.9. The molecule has 0 aliphatic rings. The van der Waals surface area contributed by atoms with Crippen LogP contribution in [0, 0.1) is 0 Å². The van der Waals surface area contributed by atoms with Crippen molar-refractivity contribution in [2.24, 2.45) is 0 Å². The Morgan fingerprint density at radius 2 is 0.554 bits per heavy atom. The number of nitrogens with one attached hydrogen (secondary N) is 1. The van der Waals surface area contributed by atoms with Gasteiger partial charge in [-0.3, -0.25) is 9.59 Å². The highest BCUT2D eigenvalue weighted by atomic mass is 16.5. The second-order valence-corrected chi connectivity index (χ2v) is 26.7. The molecular weight excluding hydrogens is 1020 g/mol. The minimum Gasteiger partial charge on any atom is -0.466 e. The van der Waals surface area contributed by atoms with E-state index in [0.717, 1.165) is 38.5 Å². The lowest BCUT2D eigenvalue weighted by molar-refractivity contribution is -0.143. The molecule has 0 aromatic carbocycles. The molecule has 1 amide bonds. The molecule has 3 N–H and O–H groups in total. The standard InChI is InChI=1S/C77H151NO5/c1-3-5-7-9-11-13-15-17-19-21-23-24-25-28-31-34-37-41-45-49-53-57-61-65-69-75(80)74(73-79)78-76(81)70-66-62-58-54-50-46-42-38-35-32-29-26-27-30-33-36-40-44-48-52-56-60-64-68-72-83-77(82)71-67-63-59-55-51-47-43-39-22-20-18-16-14-12-10-8-6-4-2/h65,69,74-75,79-80H,3-64,66-68,70-73H2,1-2H3,(H,78,81)/b69-65+. The Kier molecular flexibility index (Phi) is 71.8. The third kappa shape index (κ3) is 69.6. The van der Waals surface area contributed by atoms with Gasteiger partial charge in [0.1, 0.15) is 0 Å².